The van der Waals surface area contributed by atoms with Gasteiger partial charge >= 0.3 is 0 Å². The molecule has 6 nitrogen and oxygen atoms in total. The van der Waals surface area contributed by atoms with E-state index in [2.05, 4.69) is 19.8 Å². The molecule has 3 aromatic rings. The number of pyridine rings is 1. The minimum atomic E-state index is 0.0462. The molecule has 6 heteroatoms. The predicted molar refractivity (Wildman–Crippen MR) is 165 cm³/mol. The summed E-state index contributed by atoms with van der Waals surface area (Å²) in [5.74, 6) is 0. The molecule has 3 heterocycles. The Morgan fingerprint density at radius 1 is 0.816 bits per heavy atom. The fraction of sp³-hybridized carbons (Fsp3) is 0.594. The van der Waals surface area contributed by atoms with Gasteiger partial charge in [-0.3, -0.25) is 14.3 Å². The van der Waals surface area contributed by atoms with Gasteiger partial charge in [0.15, 0.2) is 0 Å². The lowest BCUT2D eigenvalue weighted by molar-refractivity contribution is 0.0824. The number of hydrogen-bond acceptors (Lipinski definition) is 5. The average Bonchev–Trinajstić information content (AvgIpc) is 3.05. The van der Waals surface area contributed by atoms with Crippen molar-refractivity contribution in [3.05, 3.63) is 59.3 Å². The van der Waals surface area contributed by atoms with E-state index in [0.717, 1.165) is 74.0 Å². The molecule has 2 aromatic heterocycles. The Labute approximate surface area is 233 Å². The topological polar surface area (TPSA) is 54.3 Å². The molecule has 0 radical (unpaired) electrons. The summed E-state index contributed by atoms with van der Waals surface area (Å²) in [7, 11) is 0.399. The van der Waals surface area contributed by atoms with E-state index in [1.807, 2.05) is 103 Å². The highest BCUT2D eigenvalue weighted by molar-refractivity contribution is 5.80. The number of nitrogens with zero attached hydrogens (tertiary/aromatic N) is 5. The Hall–Kier alpha value is -2.57. The van der Waals surface area contributed by atoms with Crippen LogP contribution in [-0.4, -0.2) is 63.6 Å². The number of likely N-dealkylation sites (N-methyl/N-ethyl adjacent to an activating group) is 1. The molecule has 1 aliphatic carbocycles. The Morgan fingerprint density at radius 2 is 1.39 bits per heavy atom. The van der Waals surface area contributed by atoms with Crippen LogP contribution in [0.15, 0.2) is 53.7 Å². The van der Waals surface area contributed by atoms with Crippen molar-refractivity contribution in [2.75, 3.05) is 33.2 Å². The van der Waals surface area contributed by atoms with Crippen LogP contribution in [-0.2, 0) is 0 Å². The van der Waals surface area contributed by atoms with E-state index in [0.29, 0.717) is 13.1 Å². The van der Waals surface area contributed by atoms with Crippen molar-refractivity contribution in [1.29, 1.82) is 0 Å². The van der Waals surface area contributed by atoms with Crippen molar-refractivity contribution in [2.45, 2.75) is 93.2 Å². The molecule has 0 bridgehead atoms. The van der Waals surface area contributed by atoms with Crippen LogP contribution in [0, 0.1) is 0 Å². The monoisotopic (exact) mass is 524 g/mol. The summed E-state index contributed by atoms with van der Waals surface area (Å²) < 4.78 is 9.50. The summed E-state index contributed by atoms with van der Waals surface area (Å²) in [6.45, 7) is 20.1. The van der Waals surface area contributed by atoms with Crippen molar-refractivity contribution in [1.82, 2.24) is 24.3 Å². The molecular weight excluding hydrogens is 470 g/mol. The maximum Gasteiger partial charge on any atom is 0.260 e. The van der Waals surface area contributed by atoms with Gasteiger partial charge in [0.25, 0.3) is 5.56 Å². The zero-order chi connectivity index (χ0) is 29.2. The first kappa shape index (κ1) is 31.6. The van der Waals surface area contributed by atoms with Crippen LogP contribution in [0.3, 0.4) is 0 Å². The van der Waals surface area contributed by atoms with Crippen molar-refractivity contribution in [2.24, 2.45) is 0 Å². The van der Waals surface area contributed by atoms with E-state index in [9.17, 15) is 4.79 Å². The van der Waals surface area contributed by atoms with Crippen LogP contribution >= 0.6 is 0 Å². The van der Waals surface area contributed by atoms with Crippen molar-refractivity contribution < 1.29 is 1.37 Å². The zero-order valence-electron chi connectivity index (χ0n) is 26.3. The van der Waals surface area contributed by atoms with E-state index in [4.69, 9.17) is 1.37 Å². The highest BCUT2D eigenvalue weighted by atomic mass is 16.1. The summed E-state index contributed by atoms with van der Waals surface area (Å²) >= 11 is 0. The number of fused-ring (bicyclic) bond motifs is 1. The fourth-order valence-corrected chi connectivity index (χ4v) is 5.05. The van der Waals surface area contributed by atoms with Gasteiger partial charge < -0.3 is 4.90 Å². The third-order valence-corrected chi connectivity index (χ3v) is 6.74. The molecule has 1 saturated heterocycles. The number of hydrogen-bond donors (Lipinski definition) is 0. The largest absolute Gasteiger partial charge is 0.304 e. The average molecular weight is 525 g/mol. The number of piperazine rings is 1. The van der Waals surface area contributed by atoms with Crippen LogP contribution < -0.4 is 5.56 Å². The fourth-order valence-electron chi connectivity index (χ4n) is 5.05. The van der Waals surface area contributed by atoms with Gasteiger partial charge in [-0.1, -0.05) is 85.7 Å². The number of benzene rings is 1. The highest BCUT2D eigenvalue weighted by Gasteiger charge is 2.30. The standard InChI is InChI=1S/C24H29N5O.4C2H6/c1-27-11-13-28(14-12-27)20-7-9-21(10-8-20)29-23-19(16-25-17-26-23)15-22(24(29)30)18-5-3-2-4-6-18;4*1-2/h2-6,15-17,20-21H,7-14H2,1H3;4*1-2H3/i1D;;;;. The quantitative estimate of drug-likeness (QED) is 0.360. The Balaban J connectivity index is 0.000000874. The van der Waals surface area contributed by atoms with E-state index in [1.165, 1.54) is 6.33 Å². The molecule has 0 atom stereocenters. The molecule has 2 aliphatic rings. The number of rotatable bonds is 3. The Morgan fingerprint density at radius 3 is 1.97 bits per heavy atom. The molecular formula is C32H53N5O. The van der Waals surface area contributed by atoms with Crippen molar-refractivity contribution in [3.63, 3.8) is 0 Å². The Bertz CT molecular complexity index is 1090. The van der Waals surface area contributed by atoms with Crippen LogP contribution in [0.25, 0.3) is 22.2 Å². The molecule has 2 fully saturated rings. The minimum absolute atomic E-state index is 0.0462. The van der Waals surface area contributed by atoms with Crippen LogP contribution in [0.5, 0.6) is 0 Å². The molecule has 212 valence electrons. The minimum Gasteiger partial charge on any atom is -0.304 e. The molecule has 38 heavy (non-hydrogen) atoms. The van der Waals surface area contributed by atoms with Gasteiger partial charge in [0, 0.05) is 56.8 Å². The van der Waals surface area contributed by atoms with Gasteiger partial charge in [0.05, 0.1) is 0 Å². The van der Waals surface area contributed by atoms with Gasteiger partial charge in [-0.15, -0.1) is 0 Å². The SMILES string of the molecule is CC.CC.CC.CC.[2H]CN1CCN(C2CCC(n3c(=O)c(-c4ccccc4)cc4cncnc43)CC2)CC1. The summed E-state index contributed by atoms with van der Waals surface area (Å²) in [5.41, 5.74) is 2.45. The third kappa shape index (κ3) is 8.47. The lowest BCUT2D eigenvalue weighted by atomic mass is 9.89. The number of aromatic nitrogens is 3. The van der Waals surface area contributed by atoms with Gasteiger partial charge in [0.2, 0.25) is 0 Å². The molecule has 1 saturated carbocycles. The first-order valence-electron chi connectivity index (χ1n) is 15.6. The molecule has 0 amide bonds. The smallest absolute Gasteiger partial charge is 0.260 e. The second kappa shape index (κ2) is 18.6. The molecule has 1 aromatic carbocycles. The van der Waals surface area contributed by atoms with Gasteiger partial charge in [0.1, 0.15) is 12.0 Å². The predicted octanol–water partition coefficient (Wildman–Crippen LogP) is 7.29. The molecule has 1 aliphatic heterocycles. The summed E-state index contributed by atoms with van der Waals surface area (Å²) in [5, 5.41) is 0.912. The second-order valence-corrected chi connectivity index (χ2v) is 8.52. The summed E-state index contributed by atoms with van der Waals surface area (Å²) in [4.78, 5) is 27.1. The van der Waals surface area contributed by atoms with Crippen LogP contribution in [0.1, 0.15) is 88.5 Å². The first-order chi connectivity index (χ1) is 19.2. The third-order valence-electron chi connectivity index (χ3n) is 6.74. The molecule has 5 rings (SSSR count). The van der Waals surface area contributed by atoms with E-state index in [-0.39, 0.29) is 11.6 Å². The lowest BCUT2D eigenvalue weighted by Crippen LogP contribution is -2.50. The summed E-state index contributed by atoms with van der Waals surface area (Å²) in [6.07, 6.45) is 7.52. The lowest BCUT2D eigenvalue weighted by Gasteiger charge is -2.41. The normalized spacial score (nSPS) is 19.6. The van der Waals surface area contributed by atoms with Crippen LogP contribution in [0.4, 0.5) is 0 Å². The van der Waals surface area contributed by atoms with Crippen molar-refractivity contribution in [3.8, 4) is 11.1 Å². The first-order valence-corrected chi connectivity index (χ1v) is 14.9. The van der Waals surface area contributed by atoms with Gasteiger partial charge in [-0.2, -0.15) is 0 Å². The van der Waals surface area contributed by atoms with Crippen molar-refractivity contribution >= 4 is 11.0 Å². The molecule has 0 unspecified atom stereocenters. The second-order valence-electron chi connectivity index (χ2n) is 8.52. The Kier molecular flexibility index (Phi) is 15.5. The van der Waals surface area contributed by atoms with E-state index < -0.39 is 0 Å². The highest BCUT2D eigenvalue weighted by Crippen LogP contribution is 2.33. The van der Waals surface area contributed by atoms with Gasteiger partial charge in [-0.25, -0.2) is 9.97 Å². The maximum atomic E-state index is 13.6. The van der Waals surface area contributed by atoms with Crippen LogP contribution in [0.2, 0.25) is 0 Å². The van der Waals surface area contributed by atoms with E-state index >= 15 is 0 Å². The molecule has 0 N–H and O–H groups in total. The zero-order valence-corrected chi connectivity index (χ0v) is 25.3. The van der Waals surface area contributed by atoms with E-state index in [1.54, 1.807) is 0 Å². The summed E-state index contributed by atoms with van der Waals surface area (Å²) in [6, 6.07) is 12.6. The van der Waals surface area contributed by atoms with Gasteiger partial charge in [-0.05, 0) is 44.3 Å². The maximum absolute atomic E-state index is 13.6. The molecule has 0 spiro atoms.